The summed E-state index contributed by atoms with van der Waals surface area (Å²) >= 11 is 0. The van der Waals surface area contributed by atoms with Crippen LogP contribution in [0.15, 0.2) is 24.3 Å². The van der Waals surface area contributed by atoms with E-state index in [1.165, 1.54) is 12.1 Å². The molecule has 1 aromatic carbocycles. The minimum atomic E-state index is -3.38. The summed E-state index contributed by atoms with van der Waals surface area (Å²) in [6, 6.07) is 7.82. The van der Waals surface area contributed by atoms with Crippen molar-refractivity contribution in [3.8, 4) is 0 Å². The molecule has 2 saturated heterocycles. The maximum atomic E-state index is 12.7. The van der Waals surface area contributed by atoms with Gasteiger partial charge in [0.05, 0.1) is 4.75 Å². The maximum absolute atomic E-state index is 12.7. The van der Waals surface area contributed by atoms with Crippen LogP contribution in [0.1, 0.15) is 53.9 Å². The van der Waals surface area contributed by atoms with Gasteiger partial charge < -0.3 is 15.1 Å². The van der Waals surface area contributed by atoms with Crippen molar-refractivity contribution in [1.82, 2.24) is 9.62 Å². The molecule has 0 saturated carbocycles. The number of likely N-dealkylation sites (tertiary alicyclic amines) is 1. The highest BCUT2D eigenvalue weighted by Crippen LogP contribution is 2.27. The zero-order valence-electron chi connectivity index (χ0n) is 19.5. The minimum Gasteiger partial charge on any atom is -0.371 e. The molecule has 2 atom stereocenters. The van der Waals surface area contributed by atoms with Gasteiger partial charge in [-0.15, -0.1) is 0 Å². The normalized spacial score (nSPS) is 23.6. The van der Waals surface area contributed by atoms with E-state index in [0.29, 0.717) is 37.8 Å². The Kier molecular flexibility index (Phi) is 7.21. The Balaban J connectivity index is 1.50. The van der Waals surface area contributed by atoms with Gasteiger partial charge in [-0.25, -0.2) is 17.9 Å². The van der Waals surface area contributed by atoms with Gasteiger partial charge in [0.2, 0.25) is 10.0 Å². The molecule has 31 heavy (non-hydrogen) atoms. The van der Waals surface area contributed by atoms with Gasteiger partial charge in [0.15, 0.2) is 0 Å². The van der Waals surface area contributed by atoms with E-state index in [1.807, 2.05) is 12.1 Å². The van der Waals surface area contributed by atoms with Gasteiger partial charge in [-0.3, -0.25) is 0 Å². The lowest BCUT2D eigenvalue weighted by Crippen LogP contribution is -2.50. The summed E-state index contributed by atoms with van der Waals surface area (Å²) in [5.74, 6) is 1.39. The number of rotatable bonds is 4. The SMILES string of the molecule is C[C@@H]1C[C@@H](C)CN(c2ccc(NC(=O)N3CCC(NS(=O)(=O)C(C)(C)C)CC3)cc2)C1. The van der Waals surface area contributed by atoms with Gasteiger partial charge in [0, 0.05) is 43.6 Å². The van der Waals surface area contributed by atoms with E-state index in [1.54, 1.807) is 25.7 Å². The average Bonchev–Trinajstić information content (AvgIpc) is 2.67. The summed E-state index contributed by atoms with van der Waals surface area (Å²) in [6.45, 7) is 12.9. The van der Waals surface area contributed by atoms with E-state index in [0.717, 1.165) is 18.8 Å². The van der Waals surface area contributed by atoms with Crippen molar-refractivity contribution in [1.29, 1.82) is 0 Å². The number of nitrogens with zero attached hydrogens (tertiary/aromatic N) is 2. The summed E-state index contributed by atoms with van der Waals surface area (Å²) in [6.07, 6.45) is 2.51. The Hall–Kier alpha value is -1.80. The van der Waals surface area contributed by atoms with Crippen LogP contribution in [-0.2, 0) is 10.0 Å². The Morgan fingerprint density at radius 3 is 2.06 bits per heavy atom. The molecule has 2 heterocycles. The zero-order valence-corrected chi connectivity index (χ0v) is 20.3. The lowest BCUT2D eigenvalue weighted by molar-refractivity contribution is 0.193. The van der Waals surface area contributed by atoms with Gasteiger partial charge in [-0.05, 0) is 76.1 Å². The van der Waals surface area contributed by atoms with E-state index in [9.17, 15) is 13.2 Å². The first-order chi connectivity index (χ1) is 14.4. The molecule has 2 aliphatic rings. The lowest BCUT2D eigenvalue weighted by Gasteiger charge is -2.36. The molecule has 0 aromatic heterocycles. The molecule has 0 aliphatic carbocycles. The largest absolute Gasteiger partial charge is 0.371 e. The van der Waals surface area contributed by atoms with Crippen molar-refractivity contribution in [2.45, 2.75) is 64.7 Å². The van der Waals surface area contributed by atoms with Gasteiger partial charge in [-0.1, -0.05) is 13.8 Å². The Bertz CT molecular complexity index is 846. The number of carbonyl (C=O) groups is 1. The minimum absolute atomic E-state index is 0.123. The molecule has 0 spiro atoms. The third-order valence-corrected chi connectivity index (χ3v) is 8.52. The topological polar surface area (TPSA) is 81.8 Å². The molecule has 3 rings (SSSR count). The van der Waals surface area contributed by atoms with Gasteiger partial charge >= 0.3 is 6.03 Å². The molecule has 2 N–H and O–H groups in total. The number of carbonyl (C=O) groups excluding carboxylic acids is 1. The van der Waals surface area contributed by atoms with Gasteiger partial charge in [0.25, 0.3) is 0 Å². The number of urea groups is 1. The summed E-state index contributed by atoms with van der Waals surface area (Å²) in [5.41, 5.74) is 1.98. The van der Waals surface area contributed by atoms with Crippen LogP contribution >= 0.6 is 0 Å². The Labute approximate surface area is 187 Å². The van der Waals surface area contributed by atoms with Crippen LogP contribution in [0.4, 0.5) is 16.2 Å². The van der Waals surface area contributed by atoms with Crippen LogP contribution in [0.3, 0.4) is 0 Å². The van der Waals surface area contributed by atoms with Crippen molar-refractivity contribution in [2.75, 3.05) is 36.4 Å². The molecule has 8 heteroatoms. The summed E-state index contributed by atoms with van der Waals surface area (Å²) in [5, 5.41) is 2.98. The second kappa shape index (κ2) is 9.36. The molecule has 2 amide bonds. The molecule has 7 nitrogen and oxygen atoms in total. The molecule has 174 valence electrons. The first-order valence-corrected chi connectivity index (χ1v) is 12.9. The number of hydrogen-bond acceptors (Lipinski definition) is 4. The average molecular weight is 451 g/mol. The molecule has 2 fully saturated rings. The maximum Gasteiger partial charge on any atom is 0.321 e. The summed E-state index contributed by atoms with van der Waals surface area (Å²) in [7, 11) is -3.38. The monoisotopic (exact) mass is 450 g/mol. The first kappa shape index (κ1) is 23.9. The van der Waals surface area contributed by atoms with Crippen LogP contribution in [0.2, 0.25) is 0 Å². The van der Waals surface area contributed by atoms with Crippen LogP contribution in [0.5, 0.6) is 0 Å². The van der Waals surface area contributed by atoms with E-state index in [-0.39, 0.29) is 12.1 Å². The predicted octanol–water partition coefficient (Wildman–Crippen LogP) is 3.88. The summed E-state index contributed by atoms with van der Waals surface area (Å²) in [4.78, 5) is 16.8. The molecule has 0 bridgehead atoms. The number of hydrogen-bond donors (Lipinski definition) is 2. The van der Waals surface area contributed by atoms with Crippen molar-refractivity contribution in [3.63, 3.8) is 0 Å². The number of amides is 2. The van der Waals surface area contributed by atoms with E-state index in [2.05, 4.69) is 40.9 Å². The fraction of sp³-hybridized carbons (Fsp3) is 0.696. The van der Waals surface area contributed by atoms with Crippen molar-refractivity contribution < 1.29 is 13.2 Å². The number of benzene rings is 1. The van der Waals surface area contributed by atoms with Crippen molar-refractivity contribution in [3.05, 3.63) is 24.3 Å². The predicted molar refractivity (Wildman–Crippen MR) is 127 cm³/mol. The fourth-order valence-corrected chi connectivity index (χ4v) is 5.46. The molecule has 0 unspecified atom stereocenters. The summed E-state index contributed by atoms with van der Waals surface area (Å²) < 4.78 is 26.7. The quantitative estimate of drug-likeness (QED) is 0.729. The van der Waals surface area contributed by atoms with Crippen LogP contribution in [0, 0.1) is 11.8 Å². The fourth-order valence-electron chi connectivity index (χ4n) is 4.43. The molecule has 0 radical (unpaired) electrons. The van der Waals surface area contributed by atoms with E-state index >= 15 is 0 Å². The molecule has 1 aromatic rings. The third-order valence-electron chi connectivity index (χ3n) is 6.26. The Morgan fingerprint density at radius 2 is 1.55 bits per heavy atom. The number of nitrogens with one attached hydrogen (secondary N) is 2. The Morgan fingerprint density at radius 1 is 1.00 bits per heavy atom. The lowest BCUT2D eigenvalue weighted by atomic mass is 9.91. The number of anilines is 2. The van der Waals surface area contributed by atoms with E-state index in [4.69, 9.17) is 0 Å². The van der Waals surface area contributed by atoms with Gasteiger partial charge in [-0.2, -0.15) is 0 Å². The van der Waals surface area contributed by atoms with Gasteiger partial charge in [0.1, 0.15) is 0 Å². The highest BCUT2D eigenvalue weighted by Gasteiger charge is 2.33. The number of sulfonamides is 1. The van der Waals surface area contributed by atoms with E-state index < -0.39 is 14.8 Å². The standard InChI is InChI=1S/C23H38N4O3S/c1-17-14-18(2)16-27(15-17)21-8-6-19(7-9-21)24-22(28)26-12-10-20(11-13-26)25-31(29,30)23(3,4)5/h6-9,17-18,20,25H,10-16H2,1-5H3,(H,24,28)/t17-,18-/m1/s1. The molecular formula is C23H38N4O3S. The first-order valence-electron chi connectivity index (χ1n) is 11.4. The van der Waals surface area contributed by atoms with Crippen LogP contribution in [-0.4, -0.2) is 56.3 Å². The zero-order chi connectivity index (χ0) is 22.8. The molecular weight excluding hydrogens is 412 g/mol. The highest BCUT2D eigenvalue weighted by molar-refractivity contribution is 7.90. The van der Waals surface area contributed by atoms with Crippen molar-refractivity contribution >= 4 is 27.4 Å². The smallest absolute Gasteiger partial charge is 0.321 e. The second-order valence-electron chi connectivity index (χ2n) is 10.3. The second-order valence-corrected chi connectivity index (χ2v) is 12.8. The number of piperidine rings is 2. The third kappa shape index (κ3) is 6.13. The highest BCUT2D eigenvalue weighted by atomic mass is 32.2. The molecule has 2 aliphatic heterocycles. The van der Waals surface area contributed by atoms with Crippen molar-refractivity contribution in [2.24, 2.45) is 11.8 Å². The van der Waals surface area contributed by atoms with Crippen LogP contribution in [0.25, 0.3) is 0 Å². The van der Waals surface area contributed by atoms with Crippen LogP contribution < -0.4 is 14.9 Å².